The average Bonchev–Trinajstić information content (AvgIpc) is 2.45. The Morgan fingerprint density at radius 3 is 2.57 bits per heavy atom. The number of benzene rings is 2. The van der Waals surface area contributed by atoms with Crippen LogP contribution in [0, 0.1) is 3.57 Å². The maximum atomic E-state index is 12.4. The zero-order valence-electron chi connectivity index (χ0n) is 11.6. The van der Waals surface area contributed by atoms with Crippen LogP contribution in [0.2, 0.25) is 0 Å². The minimum atomic E-state index is -3.56. The van der Waals surface area contributed by atoms with Crippen molar-refractivity contribution >= 4 is 38.3 Å². The summed E-state index contributed by atoms with van der Waals surface area (Å²) in [4.78, 5) is 0.275. The van der Waals surface area contributed by atoms with Crippen LogP contribution in [-0.2, 0) is 16.6 Å². The van der Waals surface area contributed by atoms with E-state index in [1.807, 2.05) is 25.1 Å². The van der Waals surface area contributed by atoms with Crippen LogP contribution in [0.1, 0.15) is 12.5 Å². The molecule has 0 radical (unpaired) electrons. The molecule has 21 heavy (non-hydrogen) atoms. The summed E-state index contributed by atoms with van der Waals surface area (Å²) in [5.41, 5.74) is 1.52. The van der Waals surface area contributed by atoms with E-state index in [9.17, 15) is 8.42 Å². The van der Waals surface area contributed by atoms with Crippen LogP contribution in [0.15, 0.2) is 53.4 Å². The second-order valence-electron chi connectivity index (χ2n) is 4.54. The largest absolute Gasteiger partial charge is 0.313 e. The van der Waals surface area contributed by atoms with E-state index in [1.165, 1.54) is 0 Å². The van der Waals surface area contributed by atoms with Gasteiger partial charge in [-0.15, -0.1) is 0 Å². The minimum absolute atomic E-state index is 0.275. The van der Waals surface area contributed by atoms with E-state index in [4.69, 9.17) is 0 Å². The first-order valence-corrected chi connectivity index (χ1v) is 9.15. The molecule has 0 spiro atoms. The molecule has 0 amide bonds. The highest BCUT2D eigenvalue weighted by Gasteiger charge is 2.14. The second-order valence-corrected chi connectivity index (χ2v) is 7.47. The van der Waals surface area contributed by atoms with Gasteiger partial charge in [-0.05, 0) is 65.0 Å². The number of hydrogen-bond donors (Lipinski definition) is 2. The zero-order valence-corrected chi connectivity index (χ0v) is 14.6. The smallest absolute Gasteiger partial charge is 0.261 e. The molecule has 0 aliphatic rings. The van der Waals surface area contributed by atoms with Crippen molar-refractivity contribution in [2.24, 2.45) is 0 Å². The molecule has 0 aromatic heterocycles. The van der Waals surface area contributed by atoms with E-state index in [1.54, 1.807) is 30.3 Å². The van der Waals surface area contributed by atoms with Gasteiger partial charge in [0.1, 0.15) is 0 Å². The van der Waals surface area contributed by atoms with E-state index in [0.717, 1.165) is 15.7 Å². The summed E-state index contributed by atoms with van der Waals surface area (Å²) in [7, 11) is -3.56. The molecule has 4 nitrogen and oxygen atoms in total. The van der Waals surface area contributed by atoms with Gasteiger partial charge in [0.15, 0.2) is 0 Å². The Morgan fingerprint density at radius 2 is 1.86 bits per heavy atom. The predicted octanol–water partition coefficient (Wildman–Crippen LogP) is 3.20. The fourth-order valence-corrected chi connectivity index (χ4v) is 3.52. The zero-order chi connectivity index (χ0) is 15.3. The number of hydrogen-bond acceptors (Lipinski definition) is 3. The van der Waals surface area contributed by atoms with Crippen LogP contribution in [-0.4, -0.2) is 15.0 Å². The van der Waals surface area contributed by atoms with Crippen molar-refractivity contribution in [2.45, 2.75) is 18.4 Å². The standard InChI is InChI=1S/C15H17IN2O2S/c1-2-17-11-12-5-3-8-15(9-12)21(19,20)18-14-7-4-6-13(16)10-14/h3-10,17-18H,2,11H2,1H3. The summed E-state index contributed by atoms with van der Waals surface area (Å²) in [6, 6.07) is 14.2. The maximum absolute atomic E-state index is 12.4. The van der Waals surface area contributed by atoms with E-state index in [0.29, 0.717) is 12.2 Å². The van der Waals surface area contributed by atoms with E-state index < -0.39 is 10.0 Å². The lowest BCUT2D eigenvalue weighted by Gasteiger charge is -2.10. The first-order chi connectivity index (χ1) is 10.0. The molecular weight excluding hydrogens is 399 g/mol. The molecule has 2 rings (SSSR count). The van der Waals surface area contributed by atoms with Gasteiger partial charge >= 0.3 is 0 Å². The maximum Gasteiger partial charge on any atom is 0.261 e. The molecule has 112 valence electrons. The van der Waals surface area contributed by atoms with Crippen molar-refractivity contribution in [3.63, 3.8) is 0 Å². The number of sulfonamides is 1. The molecule has 0 saturated heterocycles. The minimum Gasteiger partial charge on any atom is -0.313 e. The van der Waals surface area contributed by atoms with Crippen LogP contribution in [0.4, 0.5) is 5.69 Å². The lowest BCUT2D eigenvalue weighted by Crippen LogP contribution is -2.15. The first kappa shape index (κ1) is 16.3. The Bertz CT molecular complexity index is 717. The van der Waals surface area contributed by atoms with Crippen LogP contribution in [0.5, 0.6) is 0 Å². The third kappa shape index (κ3) is 4.69. The number of nitrogens with one attached hydrogen (secondary N) is 2. The van der Waals surface area contributed by atoms with Crippen molar-refractivity contribution in [2.75, 3.05) is 11.3 Å². The topological polar surface area (TPSA) is 58.2 Å². The van der Waals surface area contributed by atoms with Crippen molar-refractivity contribution in [3.05, 3.63) is 57.7 Å². The highest BCUT2D eigenvalue weighted by molar-refractivity contribution is 14.1. The van der Waals surface area contributed by atoms with Gasteiger partial charge in [0.2, 0.25) is 0 Å². The third-order valence-electron chi connectivity index (χ3n) is 2.86. The van der Waals surface area contributed by atoms with Gasteiger partial charge in [0.05, 0.1) is 4.90 Å². The molecule has 0 heterocycles. The number of halogens is 1. The summed E-state index contributed by atoms with van der Waals surface area (Å²) in [6.07, 6.45) is 0. The molecule has 2 aromatic rings. The van der Waals surface area contributed by atoms with Crippen molar-refractivity contribution in [3.8, 4) is 0 Å². The molecular formula is C15H17IN2O2S. The molecule has 6 heteroatoms. The summed E-state index contributed by atoms with van der Waals surface area (Å²) in [5, 5.41) is 3.18. The molecule has 0 aliphatic carbocycles. The Labute approximate surface area is 139 Å². The molecule has 2 N–H and O–H groups in total. The lowest BCUT2D eigenvalue weighted by atomic mass is 10.2. The molecule has 0 bridgehead atoms. The van der Waals surface area contributed by atoms with Gasteiger partial charge in [-0.1, -0.05) is 25.1 Å². The summed E-state index contributed by atoms with van der Waals surface area (Å²) < 4.78 is 28.4. The van der Waals surface area contributed by atoms with Gasteiger partial charge in [0, 0.05) is 15.8 Å². The molecule has 0 unspecified atom stereocenters. The van der Waals surface area contributed by atoms with E-state index in [-0.39, 0.29) is 4.90 Å². The van der Waals surface area contributed by atoms with Crippen molar-refractivity contribution in [1.82, 2.24) is 5.32 Å². The van der Waals surface area contributed by atoms with E-state index >= 15 is 0 Å². The summed E-state index contributed by atoms with van der Waals surface area (Å²) >= 11 is 2.15. The van der Waals surface area contributed by atoms with Gasteiger partial charge in [0.25, 0.3) is 10.0 Å². The van der Waals surface area contributed by atoms with Gasteiger partial charge in [-0.25, -0.2) is 8.42 Å². The molecule has 0 fully saturated rings. The molecule has 0 saturated carbocycles. The van der Waals surface area contributed by atoms with Gasteiger partial charge < -0.3 is 5.32 Å². The predicted molar refractivity (Wildman–Crippen MR) is 93.8 cm³/mol. The fraction of sp³-hybridized carbons (Fsp3) is 0.200. The summed E-state index contributed by atoms with van der Waals surface area (Å²) in [5.74, 6) is 0. The van der Waals surface area contributed by atoms with Crippen LogP contribution < -0.4 is 10.0 Å². The second kappa shape index (κ2) is 7.24. The molecule has 0 atom stereocenters. The Balaban J connectivity index is 2.23. The molecule has 2 aromatic carbocycles. The lowest BCUT2D eigenvalue weighted by molar-refractivity contribution is 0.601. The SMILES string of the molecule is CCNCc1cccc(S(=O)(=O)Nc2cccc(I)c2)c1. The number of anilines is 1. The highest BCUT2D eigenvalue weighted by Crippen LogP contribution is 2.18. The van der Waals surface area contributed by atoms with Gasteiger partial charge in [-0.3, -0.25) is 4.72 Å². The van der Waals surface area contributed by atoms with Crippen LogP contribution in [0.25, 0.3) is 0 Å². The normalized spacial score (nSPS) is 11.3. The Morgan fingerprint density at radius 1 is 1.10 bits per heavy atom. The highest BCUT2D eigenvalue weighted by atomic mass is 127. The Kier molecular flexibility index (Phi) is 5.60. The third-order valence-corrected chi connectivity index (χ3v) is 4.91. The van der Waals surface area contributed by atoms with Crippen LogP contribution >= 0.6 is 22.6 Å². The van der Waals surface area contributed by atoms with E-state index in [2.05, 4.69) is 32.6 Å². The van der Waals surface area contributed by atoms with Crippen molar-refractivity contribution < 1.29 is 8.42 Å². The number of rotatable bonds is 6. The summed E-state index contributed by atoms with van der Waals surface area (Å²) in [6.45, 7) is 3.51. The molecule has 0 aliphatic heterocycles. The quantitative estimate of drug-likeness (QED) is 0.712. The Hall–Kier alpha value is -1.12. The van der Waals surface area contributed by atoms with Crippen LogP contribution in [0.3, 0.4) is 0 Å². The van der Waals surface area contributed by atoms with Crippen molar-refractivity contribution in [1.29, 1.82) is 0 Å². The average molecular weight is 416 g/mol. The monoisotopic (exact) mass is 416 g/mol. The fourth-order valence-electron chi connectivity index (χ4n) is 1.86. The van der Waals surface area contributed by atoms with Gasteiger partial charge in [-0.2, -0.15) is 0 Å². The first-order valence-electron chi connectivity index (χ1n) is 6.59.